The third kappa shape index (κ3) is 5.88. The summed E-state index contributed by atoms with van der Waals surface area (Å²) in [5.74, 6) is 1.48. The normalized spacial score (nSPS) is 29.1. The molecule has 1 rings (SSSR count). The van der Waals surface area contributed by atoms with E-state index in [4.69, 9.17) is 5.73 Å². The van der Waals surface area contributed by atoms with Crippen molar-refractivity contribution in [2.45, 2.75) is 66.0 Å². The molecule has 0 aromatic rings. The molecule has 21 heavy (non-hydrogen) atoms. The Balaban J connectivity index is 2.64. The van der Waals surface area contributed by atoms with E-state index in [1.54, 1.807) is 0 Å². The van der Waals surface area contributed by atoms with Crippen molar-refractivity contribution < 1.29 is 0 Å². The largest absolute Gasteiger partial charge is 0.327 e. The summed E-state index contributed by atoms with van der Waals surface area (Å²) in [4.78, 5) is 4.90. The van der Waals surface area contributed by atoms with Crippen LogP contribution in [0.2, 0.25) is 0 Å². The van der Waals surface area contributed by atoms with Gasteiger partial charge in [0.2, 0.25) is 0 Å². The molecule has 1 fully saturated rings. The lowest BCUT2D eigenvalue weighted by molar-refractivity contribution is 0.0827. The summed E-state index contributed by atoms with van der Waals surface area (Å²) >= 11 is 0. The first-order valence-corrected chi connectivity index (χ1v) is 8.79. The van der Waals surface area contributed by atoms with E-state index in [0.717, 1.165) is 19.0 Å². The summed E-state index contributed by atoms with van der Waals surface area (Å²) in [5, 5.41) is 0. The molecule has 0 aliphatic heterocycles. The summed E-state index contributed by atoms with van der Waals surface area (Å²) in [6.07, 6.45) is 3.81. The summed E-state index contributed by atoms with van der Waals surface area (Å²) in [7, 11) is 4.32. The van der Waals surface area contributed by atoms with Crippen molar-refractivity contribution in [3.05, 3.63) is 0 Å². The van der Waals surface area contributed by atoms with Crippen molar-refractivity contribution in [1.29, 1.82) is 0 Å². The van der Waals surface area contributed by atoms with Crippen LogP contribution in [-0.4, -0.2) is 55.6 Å². The molecule has 126 valence electrons. The van der Waals surface area contributed by atoms with Gasteiger partial charge in [0.05, 0.1) is 0 Å². The number of nitrogens with zero attached hydrogens (tertiary/aromatic N) is 2. The first kappa shape index (κ1) is 18.9. The SMILES string of the molecule is CCN(CC1CC(C(C)(C)C)CCC1N)C(C)CN(C)C. The van der Waals surface area contributed by atoms with Gasteiger partial charge in [-0.1, -0.05) is 27.7 Å². The van der Waals surface area contributed by atoms with Crippen molar-refractivity contribution in [2.24, 2.45) is 23.0 Å². The molecule has 0 aromatic carbocycles. The number of hydrogen-bond donors (Lipinski definition) is 1. The molecule has 0 aromatic heterocycles. The zero-order valence-corrected chi connectivity index (χ0v) is 15.5. The molecule has 0 bridgehead atoms. The molecule has 0 spiro atoms. The van der Waals surface area contributed by atoms with E-state index in [0.29, 0.717) is 23.4 Å². The quantitative estimate of drug-likeness (QED) is 0.818. The molecule has 4 atom stereocenters. The second kappa shape index (κ2) is 7.94. The Morgan fingerprint density at radius 2 is 1.81 bits per heavy atom. The van der Waals surface area contributed by atoms with E-state index >= 15 is 0 Å². The minimum atomic E-state index is 0.393. The topological polar surface area (TPSA) is 32.5 Å². The van der Waals surface area contributed by atoms with Crippen LogP contribution in [0, 0.1) is 17.3 Å². The van der Waals surface area contributed by atoms with Crippen molar-refractivity contribution >= 4 is 0 Å². The monoisotopic (exact) mass is 297 g/mol. The molecule has 0 saturated heterocycles. The molecular formula is C18H39N3. The lowest BCUT2D eigenvalue weighted by Gasteiger charge is -2.43. The Morgan fingerprint density at radius 1 is 1.19 bits per heavy atom. The summed E-state index contributed by atoms with van der Waals surface area (Å²) in [5.41, 5.74) is 6.87. The third-order valence-corrected chi connectivity index (χ3v) is 5.39. The molecule has 3 nitrogen and oxygen atoms in total. The Kier molecular flexibility index (Phi) is 7.15. The molecule has 4 unspecified atom stereocenters. The predicted octanol–water partition coefficient (Wildman–Crippen LogP) is 3.05. The van der Waals surface area contributed by atoms with Crippen molar-refractivity contribution in [2.75, 3.05) is 33.7 Å². The molecule has 1 saturated carbocycles. The molecule has 2 N–H and O–H groups in total. The fourth-order valence-corrected chi connectivity index (χ4v) is 3.85. The predicted molar refractivity (Wildman–Crippen MR) is 93.5 cm³/mol. The highest BCUT2D eigenvalue weighted by Gasteiger charge is 2.35. The average Bonchev–Trinajstić information content (AvgIpc) is 2.35. The van der Waals surface area contributed by atoms with Gasteiger partial charge in [-0.25, -0.2) is 0 Å². The first-order chi connectivity index (χ1) is 9.65. The van der Waals surface area contributed by atoms with Crippen molar-refractivity contribution in [1.82, 2.24) is 9.80 Å². The maximum Gasteiger partial charge on any atom is 0.0194 e. The first-order valence-electron chi connectivity index (χ1n) is 8.79. The van der Waals surface area contributed by atoms with Gasteiger partial charge < -0.3 is 10.6 Å². The van der Waals surface area contributed by atoms with E-state index < -0.39 is 0 Å². The smallest absolute Gasteiger partial charge is 0.0194 e. The van der Waals surface area contributed by atoms with E-state index in [2.05, 4.69) is 58.5 Å². The highest BCUT2D eigenvalue weighted by Crippen LogP contribution is 2.40. The molecule has 3 heteroatoms. The number of rotatable bonds is 6. The fraction of sp³-hybridized carbons (Fsp3) is 1.00. The van der Waals surface area contributed by atoms with Crippen LogP contribution in [0.15, 0.2) is 0 Å². The Morgan fingerprint density at radius 3 is 2.29 bits per heavy atom. The molecule has 0 heterocycles. The van der Waals surface area contributed by atoms with Crippen LogP contribution in [0.25, 0.3) is 0 Å². The minimum absolute atomic E-state index is 0.393. The van der Waals surface area contributed by atoms with Crippen molar-refractivity contribution in [3.8, 4) is 0 Å². The molecular weight excluding hydrogens is 258 g/mol. The minimum Gasteiger partial charge on any atom is -0.327 e. The summed E-state index contributed by atoms with van der Waals surface area (Å²) in [6.45, 7) is 15.2. The number of likely N-dealkylation sites (N-methyl/N-ethyl adjacent to an activating group) is 2. The standard InChI is InChI=1S/C18H39N3/c1-8-21(14(2)12-20(6)7)13-15-11-16(18(3,4)5)9-10-17(15)19/h14-17H,8-13,19H2,1-7H3. The van der Waals surface area contributed by atoms with Gasteiger partial charge in [-0.3, -0.25) is 4.90 Å². The van der Waals surface area contributed by atoms with Gasteiger partial charge in [-0.05, 0) is 64.1 Å². The lowest BCUT2D eigenvalue weighted by Crippen LogP contribution is -2.48. The maximum atomic E-state index is 6.45. The highest BCUT2D eigenvalue weighted by molar-refractivity contribution is 4.89. The number of nitrogens with two attached hydrogens (primary N) is 1. The third-order valence-electron chi connectivity index (χ3n) is 5.39. The van der Waals surface area contributed by atoms with E-state index in [-0.39, 0.29) is 0 Å². The van der Waals surface area contributed by atoms with Crippen LogP contribution < -0.4 is 5.73 Å². The second-order valence-electron chi connectivity index (χ2n) is 8.50. The zero-order valence-electron chi connectivity index (χ0n) is 15.5. The Bertz CT molecular complexity index is 295. The lowest BCUT2D eigenvalue weighted by atomic mass is 9.67. The summed E-state index contributed by atoms with van der Waals surface area (Å²) < 4.78 is 0. The van der Waals surface area contributed by atoms with Gasteiger partial charge in [0.25, 0.3) is 0 Å². The van der Waals surface area contributed by atoms with Gasteiger partial charge in [-0.15, -0.1) is 0 Å². The van der Waals surface area contributed by atoms with E-state index in [9.17, 15) is 0 Å². The van der Waals surface area contributed by atoms with Crippen molar-refractivity contribution in [3.63, 3.8) is 0 Å². The molecule has 0 amide bonds. The van der Waals surface area contributed by atoms with Crippen LogP contribution in [0.5, 0.6) is 0 Å². The van der Waals surface area contributed by atoms with Gasteiger partial charge in [0.15, 0.2) is 0 Å². The van der Waals surface area contributed by atoms with Gasteiger partial charge in [0.1, 0.15) is 0 Å². The molecule has 1 aliphatic rings. The maximum absolute atomic E-state index is 6.45. The Labute approximate surface area is 133 Å². The van der Waals surface area contributed by atoms with Gasteiger partial charge in [0, 0.05) is 25.2 Å². The van der Waals surface area contributed by atoms with E-state index in [1.807, 2.05) is 0 Å². The second-order valence-corrected chi connectivity index (χ2v) is 8.50. The molecule has 0 radical (unpaired) electrons. The van der Waals surface area contributed by atoms with Crippen LogP contribution in [0.1, 0.15) is 53.9 Å². The van der Waals surface area contributed by atoms with Crippen LogP contribution >= 0.6 is 0 Å². The fourth-order valence-electron chi connectivity index (χ4n) is 3.85. The van der Waals surface area contributed by atoms with Crippen LogP contribution in [-0.2, 0) is 0 Å². The summed E-state index contributed by atoms with van der Waals surface area (Å²) in [6, 6.07) is 0.997. The average molecular weight is 298 g/mol. The Hall–Kier alpha value is -0.120. The zero-order chi connectivity index (χ0) is 16.2. The van der Waals surface area contributed by atoms with E-state index in [1.165, 1.54) is 25.8 Å². The van der Waals surface area contributed by atoms with Gasteiger partial charge in [-0.2, -0.15) is 0 Å². The highest BCUT2D eigenvalue weighted by atomic mass is 15.2. The number of hydrogen-bond acceptors (Lipinski definition) is 3. The van der Waals surface area contributed by atoms with Crippen LogP contribution in [0.3, 0.4) is 0 Å². The molecule has 1 aliphatic carbocycles. The van der Waals surface area contributed by atoms with Crippen LogP contribution in [0.4, 0.5) is 0 Å². The van der Waals surface area contributed by atoms with Gasteiger partial charge >= 0.3 is 0 Å².